The molecule has 0 aliphatic carbocycles. The van der Waals surface area contributed by atoms with Crippen LogP contribution in [0.3, 0.4) is 0 Å². The third-order valence-electron chi connectivity index (χ3n) is 3.28. The van der Waals surface area contributed by atoms with Gasteiger partial charge in [-0.05, 0) is 43.3 Å². The van der Waals surface area contributed by atoms with Crippen molar-refractivity contribution in [3.8, 4) is 0 Å². The topological polar surface area (TPSA) is 93.2 Å². The summed E-state index contributed by atoms with van der Waals surface area (Å²) >= 11 is 1.40. The molecule has 0 spiro atoms. The van der Waals surface area contributed by atoms with Crippen LogP contribution in [0.5, 0.6) is 0 Å². The molecule has 0 bridgehead atoms. The van der Waals surface area contributed by atoms with E-state index in [2.05, 4.69) is 9.71 Å². The SMILES string of the molecule is Cc1nc2ccc(S(=O)(=O)Nc3cc(C=O)cc(C=O)c3)cc2s1. The second kappa shape index (κ2) is 6.14. The first-order valence-corrected chi connectivity index (χ1v) is 9.17. The highest BCUT2D eigenvalue weighted by Crippen LogP contribution is 2.26. The van der Waals surface area contributed by atoms with Crippen LogP contribution in [0.1, 0.15) is 25.7 Å². The molecule has 0 unspecified atom stereocenters. The molecule has 1 aromatic heterocycles. The minimum atomic E-state index is -3.85. The van der Waals surface area contributed by atoms with Gasteiger partial charge in [0.05, 0.1) is 25.8 Å². The maximum Gasteiger partial charge on any atom is 0.261 e. The lowest BCUT2D eigenvalue weighted by Gasteiger charge is -2.09. The van der Waals surface area contributed by atoms with Crippen molar-refractivity contribution in [3.63, 3.8) is 0 Å². The smallest absolute Gasteiger partial charge is 0.261 e. The summed E-state index contributed by atoms with van der Waals surface area (Å²) in [6, 6.07) is 8.77. The van der Waals surface area contributed by atoms with Crippen LogP contribution in [-0.2, 0) is 10.0 Å². The highest BCUT2D eigenvalue weighted by molar-refractivity contribution is 7.92. The molecule has 2 aromatic carbocycles. The Morgan fingerprint density at radius 3 is 2.33 bits per heavy atom. The van der Waals surface area contributed by atoms with Gasteiger partial charge in [0, 0.05) is 11.1 Å². The molecule has 1 heterocycles. The van der Waals surface area contributed by atoms with E-state index in [-0.39, 0.29) is 21.7 Å². The summed E-state index contributed by atoms with van der Waals surface area (Å²) in [6.07, 6.45) is 1.11. The first kappa shape index (κ1) is 16.3. The minimum Gasteiger partial charge on any atom is -0.298 e. The quantitative estimate of drug-likeness (QED) is 0.706. The second-order valence-electron chi connectivity index (χ2n) is 5.09. The van der Waals surface area contributed by atoms with Crippen LogP contribution in [0.2, 0.25) is 0 Å². The van der Waals surface area contributed by atoms with Crippen molar-refractivity contribution in [2.45, 2.75) is 11.8 Å². The summed E-state index contributed by atoms with van der Waals surface area (Å²) in [5.74, 6) is 0. The lowest BCUT2D eigenvalue weighted by atomic mass is 10.1. The molecular weight excluding hydrogens is 348 g/mol. The van der Waals surface area contributed by atoms with E-state index in [1.54, 1.807) is 12.1 Å². The number of rotatable bonds is 5. The third kappa shape index (κ3) is 3.19. The zero-order valence-corrected chi connectivity index (χ0v) is 14.1. The number of benzene rings is 2. The predicted molar refractivity (Wildman–Crippen MR) is 92.4 cm³/mol. The molecule has 8 heteroatoms. The summed E-state index contributed by atoms with van der Waals surface area (Å²) in [6.45, 7) is 1.85. The summed E-state index contributed by atoms with van der Waals surface area (Å²) in [4.78, 5) is 26.2. The number of fused-ring (bicyclic) bond motifs is 1. The van der Waals surface area contributed by atoms with E-state index < -0.39 is 10.0 Å². The van der Waals surface area contributed by atoms with E-state index in [1.807, 2.05) is 6.92 Å². The number of aryl methyl sites for hydroxylation is 1. The molecule has 24 heavy (non-hydrogen) atoms. The molecule has 0 fully saturated rings. The Morgan fingerprint density at radius 1 is 1.04 bits per heavy atom. The van der Waals surface area contributed by atoms with Crippen LogP contribution in [0.25, 0.3) is 10.2 Å². The number of anilines is 1. The van der Waals surface area contributed by atoms with Gasteiger partial charge in [0.15, 0.2) is 0 Å². The molecule has 1 N–H and O–H groups in total. The number of carbonyl (C=O) groups excluding carboxylic acids is 2. The maximum absolute atomic E-state index is 12.5. The Balaban J connectivity index is 2.00. The minimum absolute atomic E-state index is 0.0859. The summed E-state index contributed by atoms with van der Waals surface area (Å²) in [5.41, 5.74) is 1.32. The molecule has 3 rings (SSSR count). The second-order valence-corrected chi connectivity index (χ2v) is 8.01. The van der Waals surface area contributed by atoms with Gasteiger partial charge in [0.2, 0.25) is 0 Å². The largest absolute Gasteiger partial charge is 0.298 e. The summed E-state index contributed by atoms with van der Waals surface area (Å²) < 4.78 is 28.3. The van der Waals surface area contributed by atoms with Crippen molar-refractivity contribution in [2.24, 2.45) is 0 Å². The standard InChI is InChI=1S/C16H12N2O4S2/c1-10-17-15-3-2-14(7-16(15)23-10)24(21,22)18-13-5-11(8-19)4-12(6-13)9-20/h2-9,18H,1H3. The Morgan fingerprint density at radius 2 is 1.71 bits per heavy atom. The highest BCUT2D eigenvalue weighted by Gasteiger charge is 2.16. The fraction of sp³-hybridized carbons (Fsp3) is 0.0625. The van der Waals surface area contributed by atoms with Crippen LogP contribution in [0.15, 0.2) is 41.3 Å². The first-order chi connectivity index (χ1) is 11.4. The number of thiazole rings is 1. The van der Waals surface area contributed by atoms with Gasteiger partial charge in [0.1, 0.15) is 12.6 Å². The molecule has 0 saturated heterocycles. The van der Waals surface area contributed by atoms with E-state index in [1.165, 1.54) is 35.6 Å². The number of sulfonamides is 1. The van der Waals surface area contributed by atoms with Gasteiger partial charge >= 0.3 is 0 Å². The first-order valence-electron chi connectivity index (χ1n) is 6.87. The van der Waals surface area contributed by atoms with Gasteiger partial charge in [-0.3, -0.25) is 14.3 Å². The van der Waals surface area contributed by atoms with Gasteiger partial charge < -0.3 is 0 Å². The zero-order valence-electron chi connectivity index (χ0n) is 12.5. The number of hydrogen-bond donors (Lipinski definition) is 1. The van der Waals surface area contributed by atoms with E-state index in [9.17, 15) is 18.0 Å². The lowest BCUT2D eigenvalue weighted by Crippen LogP contribution is -2.13. The number of aromatic nitrogens is 1. The van der Waals surface area contributed by atoms with Crippen molar-refractivity contribution in [3.05, 3.63) is 52.5 Å². The average Bonchev–Trinajstić information content (AvgIpc) is 2.93. The lowest BCUT2D eigenvalue weighted by molar-refractivity contribution is 0.112. The van der Waals surface area contributed by atoms with Crippen molar-refractivity contribution in [1.29, 1.82) is 0 Å². The Hall–Kier alpha value is -2.58. The third-order valence-corrected chi connectivity index (χ3v) is 5.59. The Bertz CT molecular complexity index is 1030. The van der Waals surface area contributed by atoms with Crippen LogP contribution >= 0.6 is 11.3 Å². The van der Waals surface area contributed by atoms with Gasteiger partial charge in [-0.2, -0.15) is 0 Å². The van der Waals surface area contributed by atoms with Gasteiger partial charge in [-0.1, -0.05) is 0 Å². The molecular formula is C16H12N2O4S2. The molecule has 122 valence electrons. The molecule has 0 aliphatic rings. The van der Waals surface area contributed by atoms with E-state index in [0.29, 0.717) is 12.6 Å². The zero-order chi connectivity index (χ0) is 17.3. The van der Waals surface area contributed by atoms with Gasteiger partial charge in [0.25, 0.3) is 10.0 Å². The number of nitrogens with zero attached hydrogens (tertiary/aromatic N) is 1. The van der Waals surface area contributed by atoms with Crippen molar-refractivity contribution in [1.82, 2.24) is 4.98 Å². The maximum atomic E-state index is 12.5. The summed E-state index contributed by atoms with van der Waals surface area (Å²) in [5, 5.41) is 0.849. The fourth-order valence-corrected chi connectivity index (χ4v) is 4.28. The Labute approximate surface area is 142 Å². The van der Waals surface area contributed by atoms with Gasteiger partial charge in [-0.15, -0.1) is 11.3 Å². The van der Waals surface area contributed by atoms with Crippen LogP contribution < -0.4 is 4.72 Å². The van der Waals surface area contributed by atoms with Crippen molar-refractivity contribution >= 4 is 49.8 Å². The summed E-state index contributed by atoms with van der Waals surface area (Å²) in [7, 11) is -3.85. The number of nitrogens with one attached hydrogen (secondary N) is 1. The van der Waals surface area contributed by atoms with E-state index >= 15 is 0 Å². The highest BCUT2D eigenvalue weighted by atomic mass is 32.2. The molecule has 0 atom stereocenters. The van der Waals surface area contributed by atoms with Crippen LogP contribution in [0.4, 0.5) is 5.69 Å². The number of carbonyl (C=O) groups is 2. The molecule has 0 amide bonds. The van der Waals surface area contributed by atoms with Gasteiger partial charge in [-0.25, -0.2) is 13.4 Å². The van der Waals surface area contributed by atoms with Crippen molar-refractivity contribution in [2.75, 3.05) is 4.72 Å². The molecule has 6 nitrogen and oxygen atoms in total. The average molecular weight is 360 g/mol. The molecule has 0 radical (unpaired) electrons. The Kier molecular flexibility index (Phi) is 4.16. The van der Waals surface area contributed by atoms with Crippen LogP contribution in [0, 0.1) is 6.92 Å². The number of aldehydes is 2. The predicted octanol–water partition coefficient (Wildman–Crippen LogP) is 3.03. The molecule has 3 aromatic rings. The normalized spacial score (nSPS) is 11.4. The van der Waals surface area contributed by atoms with Crippen LogP contribution in [-0.4, -0.2) is 26.0 Å². The number of hydrogen-bond acceptors (Lipinski definition) is 6. The van der Waals surface area contributed by atoms with E-state index in [0.717, 1.165) is 15.2 Å². The fourth-order valence-electron chi connectivity index (χ4n) is 2.27. The van der Waals surface area contributed by atoms with Crippen molar-refractivity contribution < 1.29 is 18.0 Å². The molecule has 0 saturated carbocycles. The molecule has 0 aliphatic heterocycles. The van der Waals surface area contributed by atoms with E-state index in [4.69, 9.17) is 0 Å². The monoisotopic (exact) mass is 360 g/mol.